The molecule has 29 heteroatoms. The Morgan fingerprint density at radius 2 is 0.967 bits per heavy atom. The summed E-state index contributed by atoms with van der Waals surface area (Å²) < 4.78 is 112. The molecule has 0 fully saturated rings. The molecule has 4 aromatic carbocycles. The molecule has 0 atom stereocenters. The van der Waals surface area contributed by atoms with E-state index in [4.69, 9.17) is 72.8 Å². The zero-order valence-corrected chi connectivity index (χ0v) is 43.5. The van der Waals surface area contributed by atoms with Crippen molar-refractivity contribution in [3.63, 3.8) is 0 Å². The first-order valence-corrected chi connectivity index (χ1v) is 19.1. The zero-order valence-electron chi connectivity index (χ0n) is 31.3. The first-order valence-electron chi connectivity index (χ1n) is 14.7. The fourth-order valence-corrected chi connectivity index (χ4v) is 5.94. The average Bonchev–Trinajstić information content (AvgIpc) is 3.86. The molecular weight excluding hydrogens is 972 g/mol. The van der Waals surface area contributed by atoms with Gasteiger partial charge in [0.1, 0.15) is 10.1 Å². The van der Waals surface area contributed by atoms with Crippen LogP contribution in [0.1, 0.15) is 0 Å². The van der Waals surface area contributed by atoms with Crippen molar-refractivity contribution in [2.45, 2.75) is 4.90 Å². The summed E-state index contributed by atoms with van der Waals surface area (Å²) in [7, 11) is -14.1. The number of hydrogen-bond donors (Lipinski definition) is 0. The minimum absolute atomic E-state index is 0. The van der Waals surface area contributed by atoms with E-state index < -0.39 is 46.8 Å². The van der Waals surface area contributed by atoms with Crippen molar-refractivity contribution in [3.05, 3.63) is 91.0 Å². The van der Waals surface area contributed by atoms with Gasteiger partial charge in [0.25, 0.3) is 0 Å². The second-order valence-electron chi connectivity index (χ2n) is 10.7. The van der Waals surface area contributed by atoms with Crippen molar-refractivity contribution < 1.29 is 186 Å². The van der Waals surface area contributed by atoms with E-state index in [9.17, 15) is 13.0 Å². The third kappa shape index (κ3) is 13.8. The summed E-state index contributed by atoms with van der Waals surface area (Å²) in [5.41, 5.74) is 3.63. The number of nitrogens with zero attached hydrogens (tertiary/aromatic N) is 8. The normalized spacial score (nSPS) is 10.1. The largest absolute Gasteiger partial charge is 2.00 e. The Balaban J connectivity index is 0.000000981. The summed E-state index contributed by atoms with van der Waals surface area (Å²) in [4.78, 5) is 37.7. The molecule has 0 spiro atoms. The molecule has 2 aliphatic rings. The van der Waals surface area contributed by atoms with E-state index in [0.29, 0.717) is 55.9 Å². The maximum Gasteiger partial charge on any atom is 2.00 e. The Kier molecular flexibility index (Phi) is 22.8. The predicted octanol–water partition coefficient (Wildman–Crippen LogP) is -10.6. The van der Waals surface area contributed by atoms with E-state index in [2.05, 4.69) is 23.2 Å². The summed E-state index contributed by atoms with van der Waals surface area (Å²) in [5, 5.41) is 2.67. The molecule has 2 aliphatic heterocycles. The number of aromatic nitrogens is 8. The Bertz CT molecular complexity index is 3330. The molecule has 3 aromatic heterocycles. The number of rotatable bonds is 1. The van der Waals surface area contributed by atoms with Crippen molar-refractivity contribution in [3.8, 4) is 45.6 Å². The fourth-order valence-electron chi connectivity index (χ4n) is 5.45. The average molecular weight is 984 g/mol. The van der Waals surface area contributed by atoms with E-state index in [-0.39, 0.29) is 153 Å². The summed E-state index contributed by atoms with van der Waals surface area (Å²) in [6.07, 6.45) is 0. The molecule has 0 amide bonds. The summed E-state index contributed by atoms with van der Waals surface area (Å²) in [6.45, 7) is 0. The Morgan fingerprint density at radius 1 is 0.508 bits per heavy atom. The van der Waals surface area contributed by atoms with Crippen LogP contribution in [0.3, 0.4) is 0 Å². The summed E-state index contributed by atoms with van der Waals surface area (Å²) >= 11 is 0. The van der Waals surface area contributed by atoms with Crippen molar-refractivity contribution in [2.75, 3.05) is 0 Å². The fraction of sp³-hybridized carbons (Fsp3) is 0. The molecule has 61 heavy (non-hydrogen) atoms. The Morgan fingerprint density at radius 3 is 1.56 bits per heavy atom. The standard InChI is InChI=1S/C32H13N8O3S.Cu.4Na.3O3S/c41-44(42,43)16-13-14-23-24(15-16)32-39-30-22-12-6-5-11-21(22)28(37-30)35-26-18-8-2-1-7-17(18)25(33-26)34-27-19-9-3-4-10-20(19)29(36-27)38-31(23)40-32;;;;;;3*1-4(2)3/h2-3,5-10,12-15H,(H-2,33,34,35,36,37,38,39,40,41,42,43);;;;;;;;/q-5;+2;4*+1;;;/p-1. The number of hydrogen-bond acceptors (Lipinski definition) is 18. The van der Waals surface area contributed by atoms with E-state index >= 15 is 0 Å². The van der Waals surface area contributed by atoms with Gasteiger partial charge in [0, 0.05) is 17.0 Å². The van der Waals surface area contributed by atoms with Crippen LogP contribution in [-0.2, 0) is 59.0 Å². The van der Waals surface area contributed by atoms with E-state index in [1.165, 1.54) is 18.2 Å². The maximum absolute atomic E-state index is 11.9. The van der Waals surface area contributed by atoms with Crippen LogP contribution in [0.15, 0.2) is 77.7 Å². The van der Waals surface area contributed by atoms with Crippen LogP contribution in [-0.4, -0.2) is 80.8 Å². The van der Waals surface area contributed by atoms with Gasteiger partial charge in [-0.05, 0) is 29.1 Å². The monoisotopic (exact) mass is 983 g/mol. The molecule has 8 bridgehead atoms. The summed E-state index contributed by atoms with van der Waals surface area (Å²) in [5.74, 6) is 1.18. The van der Waals surface area contributed by atoms with Crippen molar-refractivity contribution in [2.24, 2.45) is 0 Å². The van der Waals surface area contributed by atoms with E-state index in [1.54, 1.807) is 36.4 Å². The molecule has 7 aromatic rings. The van der Waals surface area contributed by atoms with Gasteiger partial charge < -0.3 is 34.5 Å². The van der Waals surface area contributed by atoms with Crippen LogP contribution >= 0.6 is 0 Å². The minimum atomic E-state index is -4.76. The van der Waals surface area contributed by atoms with Crippen molar-refractivity contribution in [1.82, 2.24) is 39.9 Å². The third-order valence-corrected chi connectivity index (χ3v) is 8.30. The van der Waals surface area contributed by atoms with E-state index in [0.717, 1.165) is 16.5 Å². The van der Waals surface area contributed by atoms with Gasteiger partial charge in [0.05, 0.1) is 22.4 Å². The van der Waals surface area contributed by atoms with Crippen LogP contribution in [0.4, 0.5) is 0 Å². The molecule has 0 N–H and O–H groups in total. The van der Waals surface area contributed by atoms with Gasteiger partial charge in [-0.25, -0.2) is 13.4 Å². The zero-order chi connectivity index (χ0) is 40.3. The molecule has 291 valence electrons. The van der Waals surface area contributed by atoms with Crippen LogP contribution in [0.2, 0.25) is 0 Å². The van der Waals surface area contributed by atoms with Crippen molar-refractivity contribution >= 4 is 86.1 Å². The quantitative estimate of drug-likeness (QED) is 0.0837. The molecule has 1 radical (unpaired) electrons. The Hall–Kier alpha value is -2.47. The van der Waals surface area contributed by atoms with Gasteiger partial charge in [-0.2, -0.15) is 48.5 Å². The summed E-state index contributed by atoms with van der Waals surface area (Å²) in [6, 6.07) is 29.5. The maximum atomic E-state index is 11.9. The molecule has 0 saturated carbocycles. The van der Waals surface area contributed by atoms with Gasteiger partial charge in [-0.15, -0.1) is 78.3 Å². The van der Waals surface area contributed by atoms with Crippen LogP contribution in [0.5, 0.6) is 0 Å². The van der Waals surface area contributed by atoms with Crippen LogP contribution in [0.25, 0.3) is 89.7 Å². The Labute approximate surface area is 447 Å². The minimum Gasteiger partial charge on any atom is -0.744 e. The first-order chi connectivity index (χ1) is 26.6. The third-order valence-electron chi connectivity index (χ3n) is 7.47. The number of fused-ring (bicyclic) bond motifs is 20. The molecule has 0 saturated heterocycles. The molecular formula is C32H12CuN8Na4O12S4. The van der Waals surface area contributed by atoms with Gasteiger partial charge in [-0.1, -0.05) is 28.2 Å². The molecule has 20 nitrogen and oxygen atoms in total. The van der Waals surface area contributed by atoms with Crippen LogP contribution < -0.4 is 128 Å². The van der Waals surface area contributed by atoms with E-state index in [1.807, 2.05) is 18.2 Å². The van der Waals surface area contributed by atoms with Gasteiger partial charge in [-0.3, -0.25) is 4.98 Å². The number of benzene rings is 4. The topological polar surface area (TPSA) is 316 Å². The second-order valence-corrected chi connectivity index (χ2v) is 13.3. The van der Waals surface area contributed by atoms with Gasteiger partial charge in [0.15, 0.2) is 0 Å². The van der Waals surface area contributed by atoms with Gasteiger partial charge in [0.2, 0.25) is 0 Å². The van der Waals surface area contributed by atoms with Gasteiger partial charge >= 0.3 is 167 Å². The first kappa shape index (κ1) is 56.5. The predicted molar refractivity (Wildman–Crippen MR) is 188 cm³/mol. The smallest absolute Gasteiger partial charge is 0.744 e. The molecule has 5 heterocycles. The molecule has 0 aliphatic carbocycles. The van der Waals surface area contributed by atoms with Crippen LogP contribution in [0, 0.1) is 18.2 Å². The molecule has 0 unspecified atom stereocenters. The SMILES string of the molecule is O=S(=O)([O-])c1ccc2c(c1)-c1nc-2nc2[n-]c(nc3nc(nc4[n-]c(n1)c1ccc[c-]c41)-c1cc[c-]cc1-3)c1cc[c-]cc21.O=S(=O)=O.O=S(=O)=O.O=S(=O)=O.[Cu+2].[Na+].[Na+].[Na+].[Na+]. The second kappa shape index (κ2) is 24.6. The van der Waals surface area contributed by atoms with Crippen molar-refractivity contribution in [1.29, 1.82) is 0 Å². The molecule has 9 rings (SSSR count).